The van der Waals surface area contributed by atoms with E-state index in [1.807, 2.05) is 6.08 Å². The number of carbonyl (C=O) groups is 2. The average Bonchev–Trinajstić information content (AvgIpc) is 3.32. The first kappa shape index (κ1) is 64.1. The van der Waals surface area contributed by atoms with E-state index >= 15 is 0 Å². The SMILES string of the molecule is CCCCC/C=C\CCCCCCCC(=O)OCCCCCCCCCCCCCC/C=C\CCCCCCCCCCCC(=O)NC(CO)C(O)/C=C/CCCCCCCCCCCC. The smallest absolute Gasteiger partial charge is 0.305 e. The summed E-state index contributed by atoms with van der Waals surface area (Å²) in [6.07, 6.45) is 68.9. The molecule has 1 amide bonds. The van der Waals surface area contributed by atoms with Gasteiger partial charge in [0, 0.05) is 12.8 Å². The Hall–Kier alpha value is -1.92. The minimum absolute atomic E-state index is 0.00251. The first-order chi connectivity index (χ1) is 32.5. The Kier molecular flexibility index (Phi) is 54.1. The number of hydrogen-bond donors (Lipinski definition) is 3. The number of aliphatic hydroxyl groups excluding tert-OH is 2. The summed E-state index contributed by atoms with van der Waals surface area (Å²) in [6, 6.07) is -0.629. The highest BCUT2D eigenvalue weighted by Gasteiger charge is 2.18. The fourth-order valence-corrected chi connectivity index (χ4v) is 8.86. The van der Waals surface area contributed by atoms with Gasteiger partial charge in [0.2, 0.25) is 5.91 Å². The maximum atomic E-state index is 12.4. The van der Waals surface area contributed by atoms with Crippen LogP contribution in [0.3, 0.4) is 0 Å². The Balaban J connectivity index is 3.41. The van der Waals surface area contributed by atoms with E-state index in [2.05, 4.69) is 43.5 Å². The van der Waals surface area contributed by atoms with E-state index in [1.54, 1.807) is 6.08 Å². The molecule has 0 rings (SSSR count). The quantitative estimate of drug-likeness (QED) is 0.0321. The fraction of sp³-hybridized carbons (Fsp3) is 0.867. The summed E-state index contributed by atoms with van der Waals surface area (Å²) in [5.74, 6) is -0.0692. The molecule has 0 bridgehead atoms. The number of hydrogen-bond acceptors (Lipinski definition) is 5. The van der Waals surface area contributed by atoms with Crippen LogP contribution in [0.5, 0.6) is 0 Å². The molecule has 0 aliphatic rings. The van der Waals surface area contributed by atoms with E-state index in [0.717, 1.165) is 44.9 Å². The zero-order valence-corrected chi connectivity index (χ0v) is 44.2. The molecule has 6 nitrogen and oxygen atoms in total. The lowest BCUT2D eigenvalue weighted by molar-refractivity contribution is -0.143. The lowest BCUT2D eigenvalue weighted by Crippen LogP contribution is -2.45. The Morgan fingerprint density at radius 1 is 0.409 bits per heavy atom. The molecule has 2 atom stereocenters. The summed E-state index contributed by atoms with van der Waals surface area (Å²) in [7, 11) is 0. The Bertz CT molecular complexity index is 1070. The number of ether oxygens (including phenoxy) is 1. The Morgan fingerprint density at radius 2 is 0.712 bits per heavy atom. The Labute approximate surface area is 411 Å². The molecule has 2 unspecified atom stereocenters. The van der Waals surface area contributed by atoms with Crippen LogP contribution in [0, 0.1) is 0 Å². The molecular weight excluding hydrogens is 815 g/mol. The maximum Gasteiger partial charge on any atom is 0.305 e. The molecule has 66 heavy (non-hydrogen) atoms. The van der Waals surface area contributed by atoms with E-state index in [1.165, 1.54) is 238 Å². The predicted molar refractivity (Wildman–Crippen MR) is 287 cm³/mol. The van der Waals surface area contributed by atoms with Crippen LogP contribution in [0.4, 0.5) is 0 Å². The van der Waals surface area contributed by atoms with Crippen LogP contribution in [-0.2, 0) is 14.3 Å². The monoisotopic (exact) mass is 928 g/mol. The second kappa shape index (κ2) is 55.7. The average molecular weight is 929 g/mol. The topological polar surface area (TPSA) is 95.9 Å². The van der Waals surface area contributed by atoms with E-state index in [9.17, 15) is 19.8 Å². The van der Waals surface area contributed by atoms with Crippen LogP contribution in [0.2, 0.25) is 0 Å². The van der Waals surface area contributed by atoms with E-state index < -0.39 is 12.1 Å². The fourth-order valence-electron chi connectivity index (χ4n) is 8.86. The van der Waals surface area contributed by atoms with Crippen LogP contribution < -0.4 is 5.32 Å². The molecule has 0 aliphatic carbocycles. The number of allylic oxidation sites excluding steroid dienone is 5. The Morgan fingerprint density at radius 3 is 1.11 bits per heavy atom. The zero-order valence-electron chi connectivity index (χ0n) is 44.2. The van der Waals surface area contributed by atoms with E-state index in [4.69, 9.17) is 4.74 Å². The summed E-state index contributed by atoms with van der Waals surface area (Å²) >= 11 is 0. The van der Waals surface area contributed by atoms with Crippen molar-refractivity contribution in [3.05, 3.63) is 36.5 Å². The highest BCUT2D eigenvalue weighted by atomic mass is 16.5. The standard InChI is InChI=1S/C60H113NO5/c1-3-5-7-9-11-13-15-32-36-40-44-48-52-58(63)57(56-62)61-59(64)53-49-45-41-37-33-30-28-26-24-22-20-18-17-19-21-23-25-27-29-31-35-39-43-47-51-55-66-60(65)54-50-46-42-38-34-16-14-12-10-8-6-4-2/h12,14,18,20,48,52,57-58,62-63H,3-11,13,15-17,19,21-47,49-51,53-56H2,1-2H3,(H,61,64)/b14-12-,20-18-,52-48+. The van der Waals surface area contributed by atoms with Crippen molar-refractivity contribution in [2.75, 3.05) is 13.2 Å². The second-order valence-corrected chi connectivity index (χ2v) is 20.0. The minimum atomic E-state index is -0.845. The minimum Gasteiger partial charge on any atom is -0.466 e. The number of rotatable bonds is 54. The predicted octanol–water partition coefficient (Wildman–Crippen LogP) is 18.0. The van der Waals surface area contributed by atoms with Crippen LogP contribution >= 0.6 is 0 Å². The molecule has 0 saturated carbocycles. The number of aliphatic hydroxyl groups is 2. The number of carbonyl (C=O) groups excluding carboxylic acids is 2. The van der Waals surface area contributed by atoms with Crippen LogP contribution in [0.1, 0.15) is 309 Å². The molecule has 0 heterocycles. The third-order valence-corrected chi connectivity index (χ3v) is 13.4. The van der Waals surface area contributed by atoms with Gasteiger partial charge in [0.25, 0.3) is 0 Å². The summed E-state index contributed by atoms with van der Waals surface area (Å²) in [5.41, 5.74) is 0. The summed E-state index contributed by atoms with van der Waals surface area (Å²) < 4.78 is 5.46. The van der Waals surface area contributed by atoms with E-state index in [-0.39, 0.29) is 18.5 Å². The van der Waals surface area contributed by atoms with Crippen molar-refractivity contribution >= 4 is 11.9 Å². The third-order valence-electron chi connectivity index (χ3n) is 13.4. The molecule has 0 aromatic carbocycles. The molecule has 0 aromatic rings. The van der Waals surface area contributed by atoms with Gasteiger partial charge in [-0.25, -0.2) is 0 Å². The number of nitrogens with one attached hydrogen (secondary N) is 1. The molecule has 0 radical (unpaired) electrons. The first-order valence-corrected chi connectivity index (χ1v) is 29.3. The van der Waals surface area contributed by atoms with Gasteiger partial charge in [-0.15, -0.1) is 0 Å². The highest BCUT2D eigenvalue weighted by molar-refractivity contribution is 5.76. The van der Waals surface area contributed by atoms with Crippen molar-refractivity contribution < 1.29 is 24.5 Å². The van der Waals surface area contributed by atoms with Gasteiger partial charge < -0.3 is 20.3 Å². The number of amides is 1. The summed E-state index contributed by atoms with van der Waals surface area (Å²) in [4.78, 5) is 24.4. The molecule has 0 aliphatic heterocycles. The van der Waals surface area contributed by atoms with Gasteiger partial charge in [-0.2, -0.15) is 0 Å². The molecule has 3 N–H and O–H groups in total. The molecule has 0 aromatic heterocycles. The molecule has 388 valence electrons. The number of unbranched alkanes of at least 4 members (excludes halogenated alkanes) is 39. The van der Waals surface area contributed by atoms with Gasteiger partial charge in [-0.3, -0.25) is 9.59 Å². The second-order valence-electron chi connectivity index (χ2n) is 20.0. The van der Waals surface area contributed by atoms with Crippen molar-refractivity contribution in [2.45, 2.75) is 321 Å². The van der Waals surface area contributed by atoms with Crippen LogP contribution in [-0.4, -0.2) is 47.4 Å². The van der Waals surface area contributed by atoms with Crippen molar-refractivity contribution in [2.24, 2.45) is 0 Å². The van der Waals surface area contributed by atoms with Gasteiger partial charge in [0.15, 0.2) is 0 Å². The maximum absolute atomic E-state index is 12.4. The van der Waals surface area contributed by atoms with Crippen molar-refractivity contribution in [1.82, 2.24) is 5.32 Å². The molecule has 0 fully saturated rings. The number of esters is 1. The lowest BCUT2D eigenvalue weighted by Gasteiger charge is -2.20. The molecular formula is C60H113NO5. The van der Waals surface area contributed by atoms with Crippen LogP contribution in [0.25, 0.3) is 0 Å². The molecule has 0 saturated heterocycles. The highest BCUT2D eigenvalue weighted by Crippen LogP contribution is 2.16. The van der Waals surface area contributed by atoms with Crippen molar-refractivity contribution in [3.63, 3.8) is 0 Å². The van der Waals surface area contributed by atoms with Crippen LogP contribution in [0.15, 0.2) is 36.5 Å². The van der Waals surface area contributed by atoms with Crippen molar-refractivity contribution in [3.8, 4) is 0 Å². The van der Waals surface area contributed by atoms with Gasteiger partial charge in [0.1, 0.15) is 0 Å². The zero-order chi connectivity index (χ0) is 47.9. The molecule has 6 heteroatoms. The first-order valence-electron chi connectivity index (χ1n) is 29.3. The van der Waals surface area contributed by atoms with Gasteiger partial charge >= 0.3 is 5.97 Å². The van der Waals surface area contributed by atoms with Gasteiger partial charge in [0.05, 0.1) is 25.4 Å². The third kappa shape index (κ3) is 51.5. The van der Waals surface area contributed by atoms with Crippen molar-refractivity contribution in [1.29, 1.82) is 0 Å². The summed E-state index contributed by atoms with van der Waals surface area (Å²) in [6.45, 7) is 4.87. The normalized spacial score (nSPS) is 12.8. The largest absolute Gasteiger partial charge is 0.466 e. The van der Waals surface area contributed by atoms with E-state index in [0.29, 0.717) is 19.4 Å². The summed E-state index contributed by atoms with van der Waals surface area (Å²) in [5, 5.41) is 23.0. The van der Waals surface area contributed by atoms with Gasteiger partial charge in [-0.05, 0) is 83.5 Å². The van der Waals surface area contributed by atoms with Gasteiger partial charge in [-0.1, -0.05) is 249 Å². The lowest BCUT2D eigenvalue weighted by atomic mass is 10.0. The molecule has 0 spiro atoms.